The third kappa shape index (κ3) is 4.75. The average Bonchev–Trinajstić information content (AvgIpc) is 2.25. The monoisotopic (exact) mass is 349 g/mol. The van der Waals surface area contributed by atoms with Crippen LogP contribution in [-0.4, -0.2) is 40.1 Å². The van der Waals surface area contributed by atoms with Crippen LogP contribution in [0.2, 0.25) is 0 Å². The van der Waals surface area contributed by atoms with Crippen LogP contribution in [0.1, 0.15) is 27.7 Å². The highest BCUT2D eigenvalue weighted by molar-refractivity contribution is 14.1. The van der Waals surface area contributed by atoms with Crippen LogP contribution in [0.25, 0.3) is 0 Å². The maximum absolute atomic E-state index is 5.67. The Morgan fingerprint density at radius 1 is 1.29 bits per heavy atom. The molecule has 0 amide bonds. The summed E-state index contributed by atoms with van der Waals surface area (Å²) in [6.07, 6.45) is 3.27. The van der Waals surface area contributed by atoms with Gasteiger partial charge in [-0.3, -0.25) is 4.90 Å². The van der Waals surface area contributed by atoms with Crippen molar-refractivity contribution < 1.29 is 4.74 Å². The number of rotatable bonds is 6. The summed E-state index contributed by atoms with van der Waals surface area (Å²) in [4.78, 5) is 10.4. The van der Waals surface area contributed by atoms with Crippen molar-refractivity contribution in [3.8, 4) is 5.88 Å². The van der Waals surface area contributed by atoms with Gasteiger partial charge >= 0.3 is 0 Å². The summed E-state index contributed by atoms with van der Waals surface area (Å²) >= 11 is 2.18. The van der Waals surface area contributed by atoms with E-state index in [0.717, 1.165) is 10.1 Å². The van der Waals surface area contributed by atoms with Gasteiger partial charge in [0.2, 0.25) is 5.88 Å². The second-order valence-corrected chi connectivity index (χ2v) is 5.61. The number of hydrogen-bond donors (Lipinski definition) is 0. The topological polar surface area (TPSA) is 38.2 Å². The van der Waals surface area contributed by atoms with Crippen molar-refractivity contribution in [1.82, 2.24) is 14.9 Å². The molecule has 1 rings (SSSR count). The number of nitrogens with zero attached hydrogens (tertiary/aromatic N) is 3. The van der Waals surface area contributed by atoms with Crippen molar-refractivity contribution in [3.05, 3.63) is 16.1 Å². The molecule has 0 radical (unpaired) electrons. The summed E-state index contributed by atoms with van der Waals surface area (Å²) < 4.78 is 6.62. The smallest absolute Gasteiger partial charge is 0.230 e. The molecule has 4 nitrogen and oxygen atoms in total. The van der Waals surface area contributed by atoms with Gasteiger partial charge in [0.05, 0.1) is 3.57 Å². The predicted octanol–water partition coefficient (Wildman–Crippen LogP) is 2.58. The van der Waals surface area contributed by atoms with E-state index in [9.17, 15) is 0 Å². The average molecular weight is 349 g/mol. The molecular weight excluding hydrogens is 329 g/mol. The molecule has 0 saturated heterocycles. The van der Waals surface area contributed by atoms with Gasteiger partial charge in [0, 0.05) is 24.8 Å². The Morgan fingerprint density at radius 2 is 1.94 bits per heavy atom. The minimum Gasteiger partial charge on any atom is -0.475 e. The first-order chi connectivity index (χ1) is 8.02. The van der Waals surface area contributed by atoms with Crippen molar-refractivity contribution in [1.29, 1.82) is 0 Å². The zero-order valence-electron chi connectivity index (χ0n) is 10.9. The molecule has 0 bridgehead atoms. The summed E-state index contributed by atoms with van der Waals surface area (Å²) in [7, 11) is 0. The minimum absolute atomic E-state index is 0.531. The van der Waals surface area contributed by atoms with Crippen molar-refractivity contribution >= 4 is 22.6 Å². The SMILES string of the molecule is CC(C)N(CCOc1ncncc1I)C(C)C. The van der Waals surface area contributed by atoms with Crippen molar-refractivity contribution in [2.45, 2.75) is 39.8 Å². The maximum atomic E-state index is 5.67. The van der Waals surface area contributed by atoms with Crippen molar-refractivity contribution in [2.75, 3.05) is 13.2 Å². The third-order valence-electron chi connectivity index (χ3n) is 2.55. The van der Waals surface area contributed by atoms with Crippen molar-refractivity contribution in [2.24, 2.45) is 0 Å². The second kappa shape index (κ2) is 7.10. The Kier molecular flexibility index (Phi) is 6.11. The molecule has 0 aliphatic heterocycles. The molecule has 1 aromatic heterocycles. The summed E-state index contributed by atoms with van der Waals surface area (Å²) in [5.41, 5.74) is 0. The number of halogens is 1. The molecule has 0 saturated carbocycles. The van der Waals surface area contributed by atoms with Gasteiger partial charge in [0.25, 0.3) is 0 Å². The van der Waals surface area contributed by atoms with Crippen LogP contribution in [0.4, 0.5) is 0 Å². The van der Waals surface area contributed by atoms with E-state index in [1.165, 1.54) is 6.33 Å². The quantitative estimate of drug-likeness (QED) is 0.740. The summed E-state index contributed by atoms with van der Waals surface area (Å²) in [6.45, 7) is 10.4. The van der Waals surface area contributed by atoms with E-state index in [1.807, 2.05) is 0 Å². The number of hydrogen-bond acceptors (Lipinski definition) is 4. The van der Waals surface area contributed by atoms with Crippen LogP contribution in [-0.2, 0) is 0 Å². The highest BCUT2D eigenvalue weighted by Crippen LogP contribution is 2.15. The first kappa shape index (κ1) is 14.6. The largest absolute Gasteiger partial charge is 0.475 e. The molecular formula is C12H20IN3O. The molecule has 0 N–H and O–H groups in total. The molecule has 1 heterocycles. The lowest BCUT2D eigenvalue weighted by Gasteiger charge is -2.30. The second-order valence-electron chi connectivity index (χ2n) is 4.45. The predicted molar refractivity (Wildman–Crippen MR) is 77.2 cm³/mol. The van der Waals surface area contributed by atoms with E-state index in [2.05, 4.69) is 65.2 Å². The van der Waals surface area contributed by atoms with Crippen LogP contribution < -0.4 is 4.74 Å². The molecule has 0 atom stereocenters. The molecule has 0 aliphatic carbocycles. The maximum Gasteiger partial charge on any atom is 0.230 e. The highest BCUT2D eigenvalue weighted by Gasteiger charge is 2.13. The Balaban J connectivity index is 2.44. The van der Waals surface area contributed by atoms with Crippen LogP contribution in [0, 0.1) is 3.57 Å². The van der Waals surface area contributed by atoms with E-state index < -0.39 is 0 Å². The van der Waals surface area contributed by atoms with E-state index in [4.69, 9.17) is 4.74 Å². The molecule has 0 spiro atoms. The fourth-order valence-corrected chi connectivity index (χ4v) is 2.22. The normalized spacial score (nSPS) is 11.5. The Bertz CT molecular complexity index is 336. The number of ether oxygens (including phenoxy) is 1. The summed E-state index contributed by atoms with van der Waals surface area (Å²) in [5, 5.41) is 0. The number of aromatic nitrogens is 2. The van der Waals surface area contributed by atoms with Gasteiger partial charge in [-0.2, -0.15) is 0 Å². The van der Waals surface area contributed by atoms with Gasteiger partial charge < -0.3 is 4.74 Å². The van der Waals surface area contributed by atoms with Gasteiger partial charge in [0.1, 0.15) is 12.9 Å². The fourth-order valence-electron chi connectivity index (χ4n) is 1.77. The molecule has 0 fully saturated rings. The Labute approximate surface area is 117 Å². The van der Waals surface area contributed by atoms with E-state index in [-0.39, 0.29) is 0 Å². The fraction of sp³-hybridized carbons (Fsp3) is 0.667. The molecule has 1 aromatic rings. The molecule has 5 heteroatoms. The highest BCUT2D eigenvalue weighted by atomic mass is 127. The zero-order chi connectivity index (χ0) is 12.8. The van der Waals surface area contributed by atoms with Crippen LogP contribution in [0.5, 0.6) is 5.88 Å². The zero-order valence-corrected chi connectivity index (χ0v) is 13.0. The van der Waals surface area contributed by atoms with Gasteiger partial charge in [-0.05, 0) is 50.3 Å². The van der Waals surface area contributed by atoms with E-state index in [1.54, 1.807) is 6.20 Å². The standard InChI is InChI=1S/C12H20IN3O/c1-9(2)16(10(3)4)5-6-17-12-11(13)7-14-8-15-12/h7-10H,5-6H2,1-4H3. The lowest BCUT2D eigenvalue weighted by molar-refractivity contribution is 0.139. The van der Waals surface area contributed by atoms with Gasteiger partial charge in [0.15, 0.2) is 0 Å². The van der Waals surface area contributed by atoms with Gasteiger partial charge in [-0.1, -0.05) is 0 Å². The van der Waals surface area contributed by atoms with Crippen molar-refractivity contribution in [3.63, 3.8) is 0 Å². The van der Waals surface area contributed by atoms with Gasteiger partial charge in [-0.25, -0.2) is 9.97 Å². The first-order valence-electron chi connectivity index (χ1n) is 5.86. The minimum atomic E-state index is 0.531. The van der Waals surface area contributed by atoms with Gasteiger partial charge in [-0.15, -0.1) is 0 Å². The summed E-state index contributed by atoms with van der Waals surface area (Å²) in [6, 6.07) is 1.06. The molecule has 0 unspecified atom stereocenters. The molecule has 0 aliphatic rings. The third-order valence-corrected chi connectivity index (χ3v) is 3.29. The Morgan fingerprint density at radius 3 is 2.47 bits per heavy atom. The Hall–Kier alpha value is -0.430. The van der Waals surface area contributed by atoms with E-state index in [0.29, 0.717) is 24.6 Å². The van der Waals surface area contributed by atoms with Crippen LogP contribution in [0.15, 0.2) is 12.5 Å². The van der Waals surface area contributed by atoms with Crippen LogP contribution in [0.3, 0.4) is 0 Å². The first-order valence-corrected chi connectivity index (χ1v) is 6.94. The molecule has 0 aromatic carbocycles. The molecule has 96 valence electrons. The lowest BCUT2D eigenvalue weighted by Crippen LogP contribution is -2.39. The lowest BCUT2D eigenvalue weighted by atomic mass is 10.2. The summed E-state index contributed by atoms with van der Waals surface area (Å²) in [5.74, 6) is 0.674. The van der Waals surface area contributed by atoms with E-state index >= 15 is 0 Å². The van der Waals surface area contributed by atoms with Crippen LogP contribution >= 0.6 is 22.6 Å². The molecule has 17 heavy (non-hydrogen) atoms.